The van der Waals surface area contributed by atoms with Gasteiger partial charge in [0.1, 0.15) is 16.8 Å². The first-order valence-corrected chi connectivity index (χ1v) is 9.66. The average molecular weight is 394 g/mol. The van der Waals surface area contributed by atoms with Crippen molar-refractivity contribution >= 4 is 29.0 Å². The molecule has 6 nitrogen and oxygen atoms in total. The van der Waals surface area contributed by atoms with Gasteiger partial charge in [-0.05, 0) is 18.6 Å². The molecule has 0 spiro atoms. The van der Waals surface area contributed by atoms with Gasteiger partial charge in [0, 0.05) is 44.4 Å². The van der Waals surface area contributed by atoms with E-state index in [0.717, 1.165) is 75.1 Å². The maximum absolute atomic E-state index is 6.45. The topological polar surface area (TPSA) is 54.4 Å². The fourth-order valence-corrected chi connectivity index (χ4v) is 3.96. The highest BCUT2D eigenvalue weighted by molar-refractivity contribution is 6.33. The molecular weight excluding hydrogens is 373 g/mol. The Morgan fingerprint density at radius 2 is 1.96 bits per heavy atom. The number of hydrogen-bond acceptors (Lipinski definition) is 6. The molecule has 0 atom stereocenters. The van der Waals surface area contributed by atoms with Crippen LogP contribution in [0, 0.1) is 0 Å². The number of hydrogen-bond donors (Lipinski definition) is 0. The van der Waals surface area contributed by atoms with E-state index in [1.165, 1.54) is 0 Å². The van der Waals surface area contributed by atoms with Crippen LogP contribution in [0.2, 0.25) is 10.2 Å². The highest BCUT2D eigenvalue weighted by Crippen LogP contribution is 2.29. The third-order valence-electron chi connectivity index (χ3n) is 4.85. The lowest BCUT2D eigenvalue weighted by Gasteiger charge is -2.30. The van der Waals surface area contributed by atoms with Gasteiger partial charge < -0.3 is 9.64 Å². The van der Waals surface area contributed by atoms with Crippen LogP contribution < -0.4 is 4.90 Å². The van der Waals surface area contributed by atoms with Crippen LogP contribution in [0.3, 0.4) is 0 Å². The van der Waals surface area contributed by atoms with E-state index >= 15 is 0 Å². The first-order chi connectivity index (χ1) is 12.7. The van der Waals surface area contributed by atoms with Gasteiger partial charge in [-0.2, -0.15) is 0 Å². The molecule has 0 saturated carbocycles. The Hall–Kier alpha value is -1.47. The van der Waals surface area contributed by atoms with Crippen LogP contribution in [0.5, 0.6) is 0 Å². The van der Waals surface area contributed by atoms with Gasteiger partial charge in [-0.1, -0.05) is 23.2 Å². The quantitative estimate of drug-likeness (QED) is 0.744. The summed E-state index contributed by atoms with van der Waals surface area (Å²) < 4.78 is 5.39. The predicted molar refractivity (Wildman–Crippen MR) is 102 cm³/mol. The second-order valence-corrected chi connectivity index (χ2v) is 7.31. The van der Waals surface area contributed by atoms with Gasteiger partial charge in [-0.25, -0.2) is 15.0 Å². The second-order valence-electron chi connectivity index (χ2n) is 6.54. The molecule has 0 aliphatic carbocycles. The van der Waals surface area contributed by atoms with Crippen LogP contribution in [-0.2, 0) is 24.1 Å². The number of ether oxygens (including phenoxy) is 1. The van der Waals surface area contributed by atoms with Crippen LogP contribution in [0.25, 0.3) is 0 Å². The SMILES string of the molecule is Clc1cccnc1N1CCc2c(Cl)nc(CCN3CCOCC3)nc2C1. The molecule has 0 bridgehead atoms. The van der Waals surface area contributed by atoms with Gasteiger partial charge in [0.2, 0.25) is 0 Å². The lowest BCUT2D eigenvalue weighted by atomic mass is 10.1. The number of halogens is 2. The van der Waals surface area contributed by atoms with Crippen LogP contribution >= 0.6 is 23.2 Å². The van der Waals surface area contributed by atoms with Gasteiger partial charge in [-0.3, -0.25) is 4.90 Å². The predicted octanol–water partition coefficient (Wildman–Crippen LogP) is 2.62. The standard InChI is InChI=1S/C18H21Cl2N5O/c19-14-2-1-5-21-18(14)25-7-3-13-15(12-25)22-16(23-17(13)20)4-6-24-8-10-26-11-9-24/h1-2,5H,3-4,6-12H2. The summed E-state index contributed by atoms with van der Waals surface area (Å²) >= 11 is 12.8. The molecule has 138 valence electrons. The Morgan fingerprint density at radius 3 is 2.77 bits per heavy atom. The lowest BCUT2D eigenvalue weighted by molar-refractivity contribution is 0.0382. The van der Waals surface area contributed by atoms with E-state index in [9.17, 15) is 0 Å². The largest absolute Gasteiger partial charge is 0.379 e. The van der Waals surface area contributed by atoms with Gasteiger partial charge in [0.05, 0.1) is 30.5 Å². The summed E-state index contributed by atoms with van der Waals surface area (Å²) in [5.41, 5.74) is 2.03. The fourth-order valence-electron chi connectivity index (χ4n) is 3.42. The molecule has 0 radical (unpaired) electrons. The van der Waals surface area contributed by atoms with E-state index in [-0.39, 0.29) is 0 Å². The third-order valence-corrected chi connectivity index (χ3v) is 5.46. The van der Waals surface area contributed by atoms with E-state index in [0.29, 0.717) is 16.7 Å². The van der Waals surface area contributed by atoms with Crippen molar-refractivity contribution in [1.29, 1.82) is 0 Å². The van der Waals surface area contributed by atoms with E-state index < -0.39 is 0 Å². The molecule has 1 fully saturated rings. The highest BCUT2D eigenvalue weighted by Gasteiger charge is 2.24. The number of pyridine rings is 1. The van der Waals surface area contributed by atoms with Gasteiger partial charge in [0.25, 0.3) is 0 Å². The molecule has 4 rings (SSSR count). The molecule has 4 heterocycles. The first-order valence-electron chi connectivity index (χ1n) is 8.90. The van der Waals surface area contributed by atoms with Crippen molar-refractivity contribution in [1.82, 2.24) is 19.9 Å². The molecule has 0 N–H and O–H groups in total. The molecule has 1 saturated heterocycles. The van der Waals surface area contributed by atoms with Gasteiger partial charge in [-0.15, -0.1) is 0 Å². The Kier molecular flexibility index (Phi) is 5.55. The van der Waals surface area contributed by atoms with Crippen molar-refractivity contribution in [3.63, 3.8) is 0 Å². The zero-order chi connectivity index (χ0) is 17.9. The summed E-state index contributed by atoms with van der Waals surface area (Å²) in [5.74, 6) is 1.60. The molecule has 8 heteroatoms. The van der Waals surface area contributed by atoms with Crippen molar-refractivity contribution in [2.45, 2.75) is 19.4 Å². The Bertz CT molecular complexity index is 782. The summed E-state index contributed by atoms with van der Waals surface area (Å²) in [7, 11) is 0. The minimum Gasteiger partial charge on any atom is -0.379 e. The van der Waals surface area contributed by atoms with Crippen molar-refractivity contribution < 1.29 is 4.74 Å². The summed E-state index contributed by atoms with van der Waals surface area (Å²) in [6.07, 6.45) is 3.35. The second kappa shape index (κ2) is 8.05. The van der Waals surface area contributed by atoms with E-state index in [1.54, 1.807) is 6.20 Å². The van der Waals surface area contributed by atoms with Gasteiger partial charge >= 0.3 is 0 Å². The van der Waals surface area contributed by atoms with Crippen LogP contribution in [-0.4, -0.2) is 59.2 Å². The molecule has 0 unspecified atom stereocenters. The minimum absolute atomic E-state index is 0.582. The van der Waals surface area contributed by atoms with Crippen molar-refractivity contribution in [3.05, 3.63) is 45.6 Å². The van der Waals surface area contributed by atoms with Crippen LogP contribution in [0.1, 0.15) is 17.1 Å². The molecule has 0 aromatic carbocycles. The molecule has 2 aliphatic heterocycles. The number of morpholine rings is 1. The number of aromatic nitrogens is 3. The van der Waals surface area contributed by atoms with Crippen molar-refractivity contribution in [2.75, 3.05) is 44.3 Å². The number of nitrogens with zero attached hydrogens (tertiary/aromatic N) is 5. The smallest absolute Gasteiger partial charge is 0.147 e. The number of anilines is 1. The van der Waals surface area contributed by atoms with E-state index in [4.69, 9.17) is 32.9 Å². The zero-order valence-electron chi connectivity index (χ0n) is 14.5. The minimum atomic E-state index is 0.582. The molecule has 2 aromatic heterocycles. The molecular formula is C18H21Cl2N5O. The van der Waals surface area contributed by atoms with E-state index in [2.05, 4.69) is 19.8 Å². The normalized spacial score (nSPS) is 18.0. The number of rotatable bonds is 4. The van der Waals surface area contributed by atoms with Gasteiger partial charge in [0.15, 0.2) is 0 Å². The molecule has 26 heavy (non-hydrogen) atoms. The van der Waals surface area contributed by atoms with E-state index in [1.807, 2.05) is 12.1 Å². The summed E-state index contributed by atoms with van der Waals surface area (Å²) in [6, 6.07) is 3.70. The maximum atomic E-state index is 6.45. The maximum Gasteiger partial charge on any atom is 0.147 e. The Morgan fingerprint density at radius 1 is 1.12 bits per heavy atom. The third kappa shape index (κ3) is 3.93. The molecule has 2 aliphatic rings. The van der Waals surface area contributed by atoms with Crippen LogP contribution in [0.15, 0.2) is 18.3 Å². The lowest BCUT2D eigenvalue weighted by Crippen LogP contribution is -2.38. The van der Waals surface area contributed by atoms with Crippen LogP contribution in [0.4, 0.5) is 5.82 Å². The highest BCUT2D eigenvalue weighted by atomic mass is 35.5. The first kappa shape index (κ1) is 17.9. The molecule has 0 amide bonds. The van der Waals surface area contributed by atoms with Crippen molar-refractivity contribution in [2.24, 2.45) is 0 Å². The average Bonchev–Trinajstić information content (AvgIpc) is 2.67. The summed E-state index contributed by atoms with van der Waals surface area (Å²) in [5, 5.41) is 1.24. The Labute approximate surface area is 163 Å². The summed E-state index contributed by atoms with van der Waals surface area (Å²) in [4.78, 5) is 18.3. The fraction of sp³-hybridized carbons (Fsp3) is 0.500. The number of fused-ring (bicyclic) bond motifs is 1. The summed E-state index contributed by atoms with van der Waals surface area (Å²) in [6.45, 7) is 5.90. The Balaban J connectivity index is 1.50. The van der Waals surface area contributed by atoms with Crippen molar-refractivity contribution in [3.8, 4) is 0 Å². The zero-order valence-corrected chi connectivity index (χ0v) is 16.0. The molecule has 2 aromatic rings. The monoisotopic (exact) mass is 393 g/mol.